The lowest BCUT2D eigenvalue weighted by molar-refractivity contribution is -0.136. The van der Waals surface area contributed by atoms with E-state index in [2.05, 4.69) is 56.5 Å². The standard InChI is InChI=1S/C27H39N5O/c1-21-18-31(13-14-32(21)26-7-5-4-6-8-26)27(33)20-30-12-11-23-15-22(9-10-24(23)19-30)25(16-28-2)17-29-3/h9-10,15-17,21,26H,2,4-8,11-14,18-20H2,1,3H3/b25-16+,29-17?. The third-order valence-electron chi connectivity index (χ3n) is 7.56. The fraction of sp³-hybridized carbons (Fsp3) is 0.593. The number of hydrogen-bond donors (Lipinski definition) is 0. The predicted molar refractivity (Wildman–Crippen MR) is 137 cm³/mol. The van der Waals surface area contributed by atoms with E-state index in [0.29, 0.717) is 12.6 Å². The van der Waals surface area contributed by atoms with E-state index in [-0.39, 0.29) is 5.91 Å². The topological polar surface area (TPSA) is 51.5 Å². The van der Waals surface area contributed by atoms with Crippen LogP contribution in [0.25, 0.3) is 5.57 Å². The molecule has 0 aromatic heterocycles. The first-order valence-corrected chi connectivity index (χ1v) is 12.5. The van der Waals surface area contributed by atoms with Crippen molar-refractivity contribution in [2.45, 2.75) is 64.1 Å². The van der Waals surface area contributed by atoms with Gasteiger partial charge < -0.3 is 4.90 Å². The summed E-state index contributed by atoms with van der Waals surface area (Å²) < 4.78 is 0. The van der Waals surface area contributed by atoms with Crippen molar-refractivity contribution >= 4 is 24.4 Å². The van der Waals surface area contributed by atoms with E-state index in [4.69, 9.17) is 0 Å². The van der Waals surface area contributed by atoms with E-state index < -0.39 is 0 Å². The summed E-state index contributed by atoms with van der Waals surface area (Å²) in [6, 6.07) is 7.74. The molecule has 0 radical (unpaired) electrons. The molecule has 0 bridgehead atoms. The molecule has 3 aliphatic rings. The van der Waals surface area contributed by atoms with Crippen LogP contribution in [0.3, 0.4) is 0 Å². The van der Waals surface area contributed by atoms with E-state index >= 15 is 0 Å². The summed E-state index contributed by atoms with van der Waals surface area (Å²) in [5, 5.41) is 0. The van der Waals surface area contributed by atoms with Crippen LogP contribution in [-0.2, 0) is 17.8 Å². The van der Waals surface area contributed by atoms with Gasteiger partial charge in [0.2, 0.25) is 5.91 Å². The minimum absolute atomic E-state index is 0.284. The first-order valence-electron chi connectivity index (χ1n) is 12.5. The van der Waals surface area contributed by atoms with Crippen LogP contribution in [0.4, 0.5) is 0 Å². The van der Waals surface area contributed by atoms with Crippen LogP contribution in [0.1, 0.15) is 55.7 Å². The largest absolute Gasteiger partial charge is 0.339 e. The van der Waals surface area contributed by atoms with Gasteiger partial charge in [0.1, 0.15) is 0 Å². The van der Waals surface area contributed by atoms with Gasteiger partial charge in [0.05, 0.1) is 6.54 Å². The highest BCUT2D eigenvalue weighted by atomic mass is 16.2. The van der Waals surface area contributed by atoms with Crippen LogP contribution >= 0.6 is 0 Å². The molecule has 2 aliphatic heterocycles. The molecule has 1 saturated carbocycles. The van der Waals surface area contributed by atoms with Gasteiger partial charge in [-0.05, 0) is 49.6 Å². The molecule has 1 saturated heterocycles. The van der Waals surface area contributed by atoms with Crippen LogP contribution in [-0.4, -0.2) is 85.4 Å². The Hall–Kier alpha value is -2.31. The lowest BCUT2D eigenvalue weighted by Gasteiger charge is -2.45. The number of carbonyl (C=O) groups excluding carboxylic acids is 1. The van der Waals surface area contributed by atoms with Crippen molar-refractivity contribution in [3.8, 4) is 0 Å². The molecule has 2 heterocycles. The van der Waals surface area contributed by atoms with Gasteiger partial charge in [-0.3, -0.25) is 24.6 Å². The molecular weight excluding hydrogens is 410 g/mol. The third kappa shape index (κ3) is 5.79. The Labute approximate surface area is 199 Å². The average molecular weight is 450 g/mol. The van der Waals surface area contributed by atoms with Crippen LogP contribution in [0.2, 0.25) is 0 Å². The normalized spacial score (nSPS) is 23.6. The summed E-state index contributed by atoms with van der Waals surface area (Å²) in [6.07, 6.45) is 11.3. The lowest BCUT2D eigenvalue weighted by atomic mass is 9.92. The molecule has 4 rings (SSSR count). The van der Waals surface area contributed by atoms with Crippen molar-refractivity contribution in [1.82, 2.24) is 14.7 Å². The molecule has 6 nitrogen and oxygen atoms in total. The van der Waals surface area contributed by atoms with E-state index in [1.54, 1.807) is 13.2 Å². The first-order chi connectivity index (χ1) is 16.1. The zero-order chi connectivity index (χ0) is 23.2. The smallest absolute Gasteiger partial charge is 0.236 e. The summed E-state index contributed by atoms with van der Waals surface area (Å²) in [6.45, 7) is 10.9. The van der Waals surface area contributed by atoms with Crippen molar-refractivity contribution in [1.29, 1.82) is 0 Å². The number of hydrogen-bond acceptors (Lipinski definition) is 5. The fourth-order valence-electron chi connectivity index (χ4n) is 5.79. The van der Waals surface area contributed by atoms with Gasteiger partial charge in [-0.25, -0.2) is 0 Å². The molecule has 0 N–H and O–H groups in total. The molecule has 1 aromatic rings. The van der Waals surface area contributed by atoms with Gasteiger partial charge in [-0.1, -0.05) is 37.5 Å². The Bertz CT molecular complexity index is 902. The molecule has 1 atom stereocenters. The third-order valence-corrected chi connectivity index (χ3v) is 7.56. The molecule has 33 heavy (non-hydrogen) atoms. The van der Waals surface area contributed by atoms with E-state index in [0.717, 1.165) is 56.3 Å². The SMILES string of the molecule is C=N/C=C(\C=NC)c1ccc2c(c1)CCN(CC(=O)N1CCN(C3CCCCC3)C(C)C1)C2. The van der Waals surface area contributed by atoms with Gasteiger partial charge in [-0.2, -0.15) is 0 Å². The number of allylic oxidation sites excluding steroid dienone is 1. The van der Waals surface area contributed by atoms with E-state index in [1.807, 2.05) is 6.21 Å². The van der Waals surface area contributed by atoms with Gasteiger partial charge in [0.15, 0.2) is 0 Å². The van der Waals surface area contributed by atoms with Gasteiger partial charge >= 0.3 is 0 Å². The van der Waals surface area contributed by atoms with Crippen molar-refractivity contribution in [2.24, 2.45) is 9.98 Å². The predicted octanol–water partition coefficient (Wildman–Crippen LogP) is 3.65. The number of piperazine rings is 1. The maximum atomic E-state index is 13.1. The summed E-state index contributed by atoms with van der Waals surface area (Å²) >= 11 is 0. The molecule has 0 spiro atoms. The van der Waals surface area contributed by atoms with Gasteiger partial charge in [0.25, 0.3) is 0 Å². The minimum Gasteiger partial charge on any atom is -0.339 e. The highest BCUT2D eigenvalue weighted by Crippen LogP contribution is 2.27. The monoisotopic (exact) mass is 449 g/mol. The van der Waals surface area contributed by atoms with Crippen molar-refractivity contribution in [3.63, 3.8) is 0 Å². The second-order valence-corrected chi connectivity index (χ2v) is 9.82. The van der Waals surface area contributed by atoms with E-state index in [9.17, 15) is 4.79 Å². The molecule has 1 amide bonds. The van der Waals surface area contributed by atoms with Crippen molar-refractivity contribution in [2.75, 3.05) is 39.8 Å². The summed E-state index contributed by atoms with van der Waals surface area (Å²) in [5.41, 5.74) is 4.74. The Kier molecular flexibility index (Phi) is 8.10. The highest BCUT2D eigenvalue weighted by molar-refractivity contribution is 6.09. The second kappa shape index (κ2) is 11.2. The zero-order valence-electron chi connectivity index (χ0n) is 20.4. The maximum Gasteiger partial charge on any atom is 0.236 e. The molecule has 1 aliphatic carbocycles. The van der Waals surface area contributed by atoms with Gasteiger partial charge in [0, 0.05) is 69.8 Å². The minimum atomic E-state index is 0.284. The van der Waals surface area contributed by atoms with Crippen molar-refractivity contribution in [3.05, 3.63) is 41.1 Å². The Balaban J connectivity index is 1.32. The average Bonchev–Trinajstić information content (AvgIpc) is 2.84. The molecule has 2 fully saturated rings. The number of rotatable bonds is 6. The quantitative estimate of drug-likeness (QED) is 0.623. The lowest BCUT2D eigenvalue weighted by Crippen LogP contribution is -2.58. The highest BCUT2D eigenvalue weighted by Gasteiger charge is 2.32. The van der Waals surface area contributed by atoms with Crippen LogP contribution in [0, 0.1) is 0 Å². The van der Waals surface area contributed by atoms with Crippen LogP contribution < -0.4 is 0 Å². The van der Waals surface area contributed by atoms with Crippen molar-refractivity contribution < 1.29 is 4.79 Å². The Morgan fingerprint density at radius 3 is 2.70 bits per heavy atom. The Morgan fingerprint density at radius 1 is 1.15 bits per heavy atom. The second-order valence-electron chi connectivity index (χ2n) is 9.82. The number of benzene rings is 1. The van der Waals surface area contributed by atoms with E-state index in [1.165, 1.54) is 43.2 Å². The number of fused-ring (bicyclic) bond motifs is 1. The summed E-state index contributed by atoms with van der Waals surface area (Å²) in [7, 11) is 1.76. The molecule has 6 heteroatoms. The molecule has 1 aromatic carbocycles. The van der Waals surface area contributed by atoms with Crippen LogP contribution in [0.15, 0.2) is 34.4 Å². The first kappa shape index (κ1) is 23.8. The zero-order valence-corrected chi connectivity index (χ0v) is 20.4. The summed E-state index contributed by atoms with van der Waals surface area (Å²) in [5.74, 6) is 0.284. The number of amides is 1. The summed E-state index contributed by atoms with van der Waals surface area (Å²) in [4.78, 5) is 28.2. The number of nitrogens with zero attached hydrogens (tertiary/aromatic N) is 5. The molecule has 1 unspecified atom stereocenters. The molecule has 178 valence electrons. The Morgan fingerprint density at radius 2 is 1.97 bits per heavy atom. The van der Waals surface area contributed by atoms with Gasteiger partial charge in [-0.15, -0.1) is 0 Å². The maximum absolute atomic E-state index is 13.1. The number of aliphatic imine (C=N–C) groups is 2. The molecular formula is C27H39N5O. The number of carbonyl (C=O) groups is 1. The fourth-order valence-corrected chi connectivity index (χ4v) is 5.79. The van der Waals surface area contributed by atoms with Crippen LogP contribution in [0.5, 0.6) is 0 Å².